The second-order valence-corrected chi connectivity index (χ2v) is 8.08. The Morgan fingerprint density at radius 1 is 1.10 bits per heavy atom. The van der Waals surface area contributed by atoms with Crippen molar-refractivity contribution in [2.75, 3.05) is 5.01 Å². The zero-order chi connectivity index (χ0) is 21.8. The van der Waals surface area contributed by atoms with E-state index in [-0.39, 0.29) is 5.57 Å². The quantitative estimate of drug-likeness (QED) is 0.581. The molecule has 0 aliphatic carbocycles. The van der Waals surface area contributed by atoms with Crippen LogP contribution in [0.15, 0.2) is 91.8 Å². The van der Waals surface area contributed by atoms with Gasteiger partial charge in [0.15, 0.2) is 5.09 Å². The molecule has 2 heterocycles. The maximum atomic E-state index is 9.76. The molecular weight excluding hydrogens is 406 g/mol. The average molecular weight is 426 g/mol. The Kier molecular flexibility index (Phi) is 5.90. The van der Waals surface area contributed by atoms with Crippen molar-refractivity contribution in [1.29, 1.82) is 10.5 Å². The van der Waals surface area contributed by atoms with Crippen LogP contribution in [0.1, 0.15) is 11.3 Å². The van der Waals surface area contributed by atoms with Crippen molar-refractivity contribution in [2.24, 2.45) is 16.8 Å². The molecule has 0 saturated carbocycles. The molecule has 2 atom stereocenters. The maximum Gasteiger partial charge on any atom is 0.165 e. The molecule has 0 saturated heterocycles. The fourth-order valence-electron chi connectivity index (χ4n) is 3.21. The number of nitriles is 2. The number of furan rings is 1. The van der Waals surface area contributed by atoms with E-state index in [4.69, 9.17) is 10.2 Å². The third kappa shape index (κ3) is 4.39. The second kappa shape index (κ2) is 8.93. The smallest absolute Gasteiger partial charge is 0.165 e. The van der Waals surface area contributed by atoms with Gasteiger partial charge in [0.1, 0.15) is 23.9 Å². The zero-order valence-electron chi connectivity index (χ0n) is 16.8. The van der Waals surface area contributed by atoms with E-state index in [2.05, 4.69) is 17.2 Å². The van der Waals surface area contributed by atoms with Crippen molar-refractivity contribution in [3.63, 3.8) is 0 Å². The Labute approximate surface area is 184 Å². The molecule has 1 aliphatic heterocycles. The predicted octanol–water partition coefficient (Wildman–Crippen LogP) is 4.95. The Balaban J connectivity index is 1.60. The van der Waals surface area contributed by atoms with Crippen molar-refractivity contribution in [1.82, 2.24) is 0 Å². The summed E-state index contributed by atoms with van der Waals surface area (Å²) in [5.41, 5.74) is 8.81. The molecule has 2 N–H and O–H groups in total. The summed E-state index contributed by atoms with van der Waals surface area (Å²) in [6.45, 7) is 2.04. The number of hydrazone groups is 1. The number of hydrogen-bond acceptors (Lipinski definition) is 7. The van der Waals surface area contributed by atoms with Gasteiger partial charge in [0, 0.05) is 11.0 Å². The highest BCUT2D eigenvalue weighted by Crippen LogP contribution is 2.32. The van der Waals surface area contributed by atoms with Gasteiger partial charge in [-0.3, -0.25) is 0 Å². The molecule has 0 spiro atoms. The van der Waals surface area contributed by atoms with Crippen LogP contribution < -0.4 is 10.7 Å². The van der Waals surface area contributed by atoms with E-state index in [1.165, 1.54) is 17.3 Å². The molecule has 3 aromatic rings. The van der Waals surface area contributed by atoms with E-state index in [0.717, 1.165) is 10.6 Å². The molecule has 152 valence electrons. The highest BCUT2D eigenvalue weighted by atomic mass is 32.2. The molecule has 1 aromatic heterocycles. The highest BCUT2D eigenvalue weighted by Gasteiger charge is 2.37. The van der Waals surface area contributed by atoms with E-state index in [1.54, 1.807) is 17.2 Å². The van der Waals surface area contributed by atoms with Crippen LogP contribution in [0, 0.1) is 35.5 Å². The van der Waals surface area contributed by atoms with E-state index < -0.39 is 12.1 Å². The van der Waals surface area contributed by atoms with Gasteiger partial charge in [0.05, 0.1) is 23.0 Å². The normalized spacial score (nSPS) is 18.4. The summed E-state index contributed by atoms with van der Waals surface area (Å²) in [6.07, 6.45) is 0.923. The van der Waals surface area contributed by atoms with Gasteiger partial charge in [-0.25, -0.2) is 5.01 Å². The van der Waals surface area contributed by atoms with Gasteiger partial charge in [-0.1, -0.05) is 47.7 Å². The fraction of sp³-hybridized carbons (Fsp3) is 0.125. The van der Waals surface area contributed by atoms with Crippen LogP contribution in [-0.2, 0) is 0 Å². The minimum absolute atomic E-state index is 0.252. The van der Waals surface area contributed by atoms with Crippen molar-refractivity contribution in [3.05, 3.63) is 83.6 Å². The van der Waals surface area contributed by atoms with Crippen molar-refractivity contribution in [3.8, 4) is 12.1 Å². The van der Waals surface area contributed by atoms with E-state index in [9.17, 15) is 10.5 Å². The van der Waals surface area contributed by atoms with Crippen LogP contribution in [-0.4, -0.2) is 11.9 Å². The molecule has 1 aliphatic rings. The third-order valence-corrected chi connectivity index (χ3v) is 5.75. The Morgan fingerprint density at radius 3 is 2.52 bits per heavy atom. The number of nitrogens with two attached hydrogens (primary N) is 1. The summed E-state index contributed by atoms with van der Waals surface area (Å²) in [6, 6.07) is 25.5. The summed E-state index contributed by atoms with van der Waals surface area (Å²) in [7, 11) is 0. The number of hydrogen-bond donors (Lipinski definition) is 1. The molecule has 2 aromatic carbocycles. The minimum atomic E-state index is -0.734. The molecule has 6 nitrogen and oxygen atoms in total. The van der Waals surface area contributed by atoms with Crippen molar-refractivity contribution >= 4 is 29.2 Å². The van der Waals surface area contributed by atoms with Gasteiger partial charge < -0.3 is 10.2 Å². The number of anilines is 1. The molecule has 0 radical (unpaired) electrons. The number of nitrogens with zero attached hydrogens (tertiary/aromatic N) is 4. The summed E-state index contributed by atoms with van der Waals surface area (Å²) < 4.78 is 5.87. The summed E-state index contributed by atoms with van der Waals surface area (Å²) in [5, 5.41) is 26.2. The predicted molar refractivity (Wildman–Crippen MR) is 121 cm³/mol. The number of aryl methyl sites for hydroxylation is 1. The van der Waals surface area contributed by atoms with Crippen LogP contribution in [0.2, 0.25) is 0 Å². The summed E-state index contributed by atoms with van der Waals surface area (Å²) in [5.74, 6) is -0.222. The lowest BCUT2D eigenvalue weighted by Crippen LogP contribution is -2.40. The topological polar surface area (TPSA) is 102 Å². The largest absolute Gasteiger partial charge is 0.450 e. The Morgan fingerprint density at radius 2 is 1.84 bits per heavy atom. The molecule has 31 heavy (non-hydrogen) atoms. The van der Waals surface area contributed by atoms with Gasteiger partial charge in [-0.05, 0) is 43.3 Å². The van der Waals surface area contributed by atoms with Gasteiger partial charge in [0.2, 0.25) is 0 Å². The monoisotopic (exact) mass is 425 g/mol. The van der Waals surface area contributed by atoms with E-state index in [0.29, 0.717) is 16.6 Å². The summed E-state index contributed by atoms with van der Waals surface area (Å²) in [4.78, 5) is 1.06. The standard InChI is InChI=1S/C24H19N5OS/c1-16-7-10-20(11-8-16)31-22-12-9-19(30-22)13-17(14-25)23-21(15-26)24(27)29(28-23)18-5-3-2-4-6-18/h2-13,21,24H,27H2,1H3/b17-13-/t21-,24-/m0/s1. The molecule has 7 heteroatoms. The van der Waals surface area contributed by atoms with Crippen LogP contribution in [0.3, 0.4) is 0 Å². The molecule has 0 unspecified atom stereocenters. The number of para-hydroxylation sites is 1. The molecule has 0 bridgehead atoms. The van der Waals surface area contributed by atoms with Gasteiger partial charge in [0.25, 0.3) is 0 Å². The van der Waals surface area contributed by atoms with E-state index in [1.807, 2.05) is 67.6 Å². The maximum absolute atomic E-state index is 9.76. The number of rotatable bonds is 5. The van der Waals surface area contributed by atoms with Gasteiger partial charge in [-0.15, -0.1) is 0 Å². The van der Waals surface area contributed by atoms with Crippen molar-refractivity contribution in [2.45, 2.75) is 23.1 Å². The second-order valence-electron chi connectivity index (χ2n) is 7.00. The van der Waals surface area contributed by atoms with Crippen LogP contribution >= 0.6 is 11.8 Å². The van der Waals surface area contributed by atoms with Crippen molar-refractivity contribution < 1.29 is 4.42 Å². The van der Waals surface area contributed by atoms with E-state index >= 15 is 0 Å². The van der Waals surface area contributed by atoms with Crippen LogP contribution in [0.5, 0.6) is 0 Å². The van der Waals surface area contributed by atoms with Gasteiger partial charge >= 0.3 is 0 Å². The lowest BCUT2D eigenvalue weighted by Gasteiger charge is -2.21. The molecule has 4 rings (SSSR count). The van der Waals surface area contributed by atoms with Gasteiger partial charge in [-0.2, -0.15) is 15.6 Å². The first-order valence-electron chi connectivity index (χ1n) is 9.63. The highest BCUT2D eigenvalue weighted by molar-refractivity contribution is 7.99. The Bertz CT molecular complexity index is 1220. The lowest BCUT2D eigenvalue weighted by molar-refractivity contribution is 0.466. The van der Waals surface area contributed by atoms with Crippen LogP contribution in [0.4, 0.5) is 5.69 Å². The first-order valence-corrected chi connectivity index (χ1v) is 10.4. The first kappa shape index (κ1) is 20.5. The van der Waals surface area contributed by atoms with Crippen LogP contribution in [0.25, 0.3) is 6.08 Å². The SMILES string of the molecule is Cc1ccc(Sc2ccc(/C=C(/C#N)C3=NN(c4ccccc4)[C@H](N)[C@H]3C#N)o2)cc1. The lowest BCUT2D eigenvalue weighted by atomic mass is 9.96. The Hall–Kier alpha value is -3.78. The minimum Gasteiger partial charge on any atom is -0.450 e. The summed E-state index contributed by atoms with van der Waals surface area (Å²) >= 11 is 1.50. The number of allylic oxidation sites excluding steroid dienone is 1. The average Bonchev–Trinajstić information content (AvgIpc) is 3.37. The molecular formula is C24H19N5OS. The number of benzene rings is 2. The molecule has 0 fully saturated rings. The molecule has 0 amide bonds. The first-order chi connectivity index (χ1) is 15.1. The zero-order valence-corrected chi connectivity index (χ0v) is 17.6. The fourth-order valence-corrected chi connectivity index (χ4v) is 3.99. The third-order valence-electron chi connectivity index (χ3n) is 4.82.